The first kappa shape index (κ1) is 22.1. The first-order valence-corrected chi connectivity index (χ1v) is 11.7. The van der Waals surface area contributed by atoms with Crippen LogP contribution in [-0.2, 0) is 4.79 Å². The third kappa shape index (κ3) is 4.85. The van der Waals surface area contributed by atoms with E-state index in [2.05, 4.69) is 4.98 Å². The summed E-state index contributed by atoms with van der Waals surface area (Å²) in [6, 6.07) is 12.8. The Balaban J connectivity index is 1.48. The van der Waals surface area contributed by atoms with Gasteiger partial charge < -0.3 is 14.4 Å². The molecule has 1 aliphatic heterocycles. The molecule has 7 nitrogen and oxygen atoms in total. The van der Waals surface area contributed by atoms with Gasteiger partial charge in [-0.05, 0) is 56.5 Å². The SMILES string of the molecule is CCOc1cc(C(=O)N(C)c2nc3ccccc3s2)ccc1OCC(=O)N1CCCCC1. The van der Waals surface area contributed by atoms with Gasteiger partial charge in [0.05, 0.1) is 16.8 Å². The van der Waals surface area contributed by atoms with Crippen LogP contribution in [0.5, 0.6) is 11.5 Å². The predicted molar refractivity (Wildman–Crippen MR) is 126 cm³/mol. The van der Waals surface area contributed by atoms with Crippen LogP contribution in [0.3, 0.4) is 0 Å². The molecule has 0 bridgehead atoms. The second-order valence-corrected chi connectivity index (χ2v) is 8.66. The molecule has 2 heterocycles. The van der Waals surface area contributed by atoms with Crippen molar-refractivity contribution in [3.05, 3.63) is 48.0 Å². The first-order valence-electron chi connectivity index (χ1n) is 10.9. The molecule has 1 saturated heterocycles. The Morgan fingerprint density at radius 1 is 1.06 bits per heavy atom. The number of thiazole rings is 1. The fourth-order valence-corrected chi connectivity index (χ4v) is 4.61. The number of hydrogen-bond donors (Lipinski definition) is 0. The number of carbonyl (C=O) groups is 2. The number of para-hydroxylation sites is 1. The molecule has 32 heavy (non-hydrogen) atoms. The molecule has 3 aromatic rings. The molecule has 1 fully saturated rings. The molecule has 2 aromatic carbocycles. The average Bonchev–Trinajstić information content (AvgIpc) is 3.27. The Hall–Kier alpha value is -3.13. The van der Waals surface area contributed by atoms with Gasteiger partial charge in [-0.25, -0.2) is 4.98 Å². The van der Waals surface area contributed by atoms with Crippen LogP contribution >= 0.6 is 11.3 Å². The number of aromatic nitrogens is 1. The third-order valence-electron chi connectivity index (χ3n) is 5.42. The maximum Gasteiger partial charge on any atom is 0.260 e. The first-order chi connectivity index (χ1) is 15.6. The van der Waals surface area contributed by atoms with Crippen molar-refractivity contribution in [1.29, 1.82) is 0 Å². The fraction of sp³-hybridized carbons (Fsp3) is 0.375. The van der Waals surface area contributed by atoms with E-state index in [0.717, 1.165) is 36.1 Å². The zero-order chi connectivity index (χ0) is 22.5. The monoisotopic (exact) mass is 453 g/mol. The summed E-state index contributed by atoms with van der Waals surface area (Å²) in [5, 5.41) is 0.626. The summed E-state index contributed by atoms with van der Waals surface area (Å²) in [6.45, 7) is 3.81. The number of piperidine rings is 1. The van der Waals surface area contributed by atoms with Gasteiger partial charge in [0.25, 0.3) is 11.8 Å². The Morgan fingerprint density at radius 2 is 1.84 bits per heavy atom. The molecule has 1 aromatic heterocycles. The third-order valence-corrected chi connectivity index (χ3v) is 6.54. The predicted octanol–water partition coefficient (Wildman–Crippen LogP) is 4.36. The fourth-order valence-electron chi connectivity index (χ4n) is 3.69. The molecule has 0 spiro atoms. The lowest BCUT2D eigenvalue weighted by atomic mass is 10.1. The number of rotatable bonds is 7. The normalized spacial score (nSPS) is 13.8. The van der Waals surface area contributed by atoms with Gasteiger partial charge >= 0.3 is 0 Å². The highest BCUT2D eigenvalue weighted by atomic mass is 32.1. The van der Waals surface area contributed by atoms with Gasteiger partial charge in [-0.15, -0.1) is 0 Å². The number of likely N-dealkylation sites (tertiary alicyclic amines) is 1. The number of amides is 2. The molecule has 0 atom stereocenters. The van der Waals surface area contributed by atoms with Crippen LogP contribution in [0.4, 0.5) is 5.13 Å². The van der Waals surface area contributed by atoms with Crippen molar-refractivity contribution in [3.63, 3.8) is 0 Å². The second-order valence-electron chi connectivity index (χ2n) is 7.65. The van der Waals surface area contributed by atoms with Crippen molar-refractivity contribution < 1.29 is 19.1 Å². The van der Waals surface area contributed by atoms with Crippen molar-refractivity contribution in [2.45, 2.75) is 26.2 Å². The molecule has 0 unspecified atom stereocenters. The summed E-state index contributed by atoms with van der Waals surface area (Å²) in [4.78, 5) is 33.5. The van der Waals surface area contributed by atoms with Crippen molar-refractivity contribution in [2.75, 3.05) is 38.3 Å². The van der Waals surface area contributed by atoms with Crippen LogP contribution in [0.25, 0.3) is 10.2 Å². The van der Waals surface area contributed by atoms with Crippen LogP contribution in [-0.4, -0.2) is 55.0 Å². The Kier molecular flexibility index (Phi) is 6.90. The lowest BCUT2D eigenvalue weighted by Gasteiger charge is -2.26. The summed E-state index contributed by atoms with van der Waals surface area (Å²) in [6.07, 6.45) is 3.24. The van der Waals surface area contributed by atoms with Crippen LogP contribution in [0.15, 0.2) is 42.5 Å². The number of ether oxygens (including phenoxy) is 2. The highest BCUT2D eigenvalue weighted by Gasteiger charge is 2.21. The maximum atomic E-state index is 13.1. The molecule has 0 saturated carbocycles. The smallest absolute Gasteiger partial charge is 0.260 e. The Morgan fingerprint density at radius 3 is 2.59 bits per heavy atom. The molecule has 8 heteroatoms. The van der Waals surface area contributed by atoms with Crippen molar-refractivity contribution in [1.82, 2.24) is 9.88 Å². The van der Waals surface area contributed by atoms with Gasteiger partial charge in [0, 0.05) is 25.7 Å². The zero-order valence-corrected chi connectivity index (χ0v) is 19.2. The minimum Gasteiger partial charge on any atom is -0.490 e. The molecule has 0 N–H and O–H groups in total. The number of nitrogens with zero attached hydrogens (tertiary/aromatic N) is 3. The number of benzene rings is 2. The topological polar surface area (TPSA) is 72.0 Å². The summed E-state index contributed by atoms with van der Waals surface area (Å²) >= 11 is 1.47. The molecule has 1 aliphatic rings. The summed E-state index contributed by atoms with van der Waals surface area (Å²) in [7, 11) is 1.71. The molecule has 2 amide bonds. The van der Waals surface area contributed by atoms with Gasteiger partial charge in [-0.1, -0.05) is 23.5 Å². The number of carbonyl (C=O) groups excluding carboxylic acids is 2. The second kappa shape index (κ2) is 9.99. The standard InChI is InChI=1S/C24H27N3O4S/c1-3-30-20-15-17(11-12-19(20)31-16-22(28)27-13-7-4-8-14-27)23(29)26(2)24-25-18-9-5-6-10-21(18)32-24/h5-6,9-12,15H,3-4,7-8,13-14,16H2,1-2H3. The molecule has 0 aliphatic carbocycles. The zero-order valence-electron chi connectivity index (χ0n) is 18.4. The van der Waals surface area contributed by atoms with E-state index in [4.69, 9.17) is 9.47 Å². The van der Waals surface area contributed by atoms with E-state index in [1.165, 1.54) is 22.7 Å². The number of anilines is 1. The van der Waals surface area contributed by atoms with Crippen molar-refractivity contribution in [2.24, 2.45) is 0 Å². The highest BCUT2D eigenvalue weighted by Crippen LogP contribution is 2.32. The van der Waals surface area contributed by atoms with Gasteiger partial charge in [0.1, 0.15) is 0 Å². The lowest BCUT2D eigenvalue weighted by molar-refractivity contribution is -0.134. The molecule has 0 radical (unpaired) electrons. The Labute approximate surface area is 191 Å². The van der Waals surface area contributed by atoms with E-state index in [9.17, 15) is 9.59 Å². The maximum absolute atomic E-state index is 13.1. The van der Waals surface area contributed by atoms with E-state index in [-0.39, 0.29) is 18.4 Å². The summed E-state index contributed by atoms with van der Waals surface area (Å²) < 4.78 is 12.5. The highest BCUT2D eigenvalue weighted by molar-refractivity contribution is 7.22. The molecular formula is C24H27N3O4S. The number of fused-ring (bicyclic) bond motifs is 1. The van der Waals surface area contributed by atoms with Crippen LogP contribution in [0.2, 0.25) is 0 Å². The molecular weight excluding hydrogens is 426 g/mol. The van der Waals surface area contributed by atoms with Crippen molar-refractivity contribution >= 4 is 38.5 Å². The summed E-state index contributed by atoms with van der Waals surface area (Å²) in [5.74, 6) is 0.683. The Bertz CT molecular complexity index is 1070. The molecule has 168 valence electrons. The minimum absolute atomic E-state index is 0.0251. The minimum atomic E-state index is -0.194. The van der Waals surface area contributed by atoms with E-state index in [1.54, 1.807) is 25.2 Å². The van der Waals surface area contributed by atoms with Gasteiger partial charge in [0.2, 0.25) is 0 Å². The average molecular weight is 454 g/mol. The van der Waals surface area contributed by atoms with E-state index < -0.39 is 0 Å². The largest absolute Gasteiger partial charge is 0.490 e. The van der Waals surface area contributed by atoms with Crippen LogP contribution in [0, 0.1) is 0 Å². The quantitative estimate of drug-likeness (QED) is 0.531. The van der Waals surface area contributed by atoms with Crippen molar-refractivity contribution in [3.8, 4) is 11.5 Å². The van der Waals surface area contributed by atoms with Gasteiger partial charge in [-0.3, -0.25) is 14.5 Å². The van der Waals surface area contributed by atoms with Crippen LogP contribution in [0.1, 0.15) is 36.5 Å². The lowest BCUT2D eigenvalue weighted by Crippen LogP contribution is -2.38. The van der Waals surface area contributed by atoms with E-state index >= 15 is 0 Å². The van der Waals surface area contributed by atoms with E-state index in [0.29, 0.717) is 28.8 Å². The summed E-state index contributed by atoms with van der Waals surface area (Å²) in [5.41, 5.74) is 1.33. The van der Waals surface area contributed by atoms with Gasteiger partial charge in [0.15, 0.2) is 23.2 Å². The van der Waals surface area contributed by atoms with Crippen LogP contribution < -0.4 is 14.4 Å². The van der Waals surface area contributed by atoms with Gasteiger partial charge in [-0.2, -0.15) is 0 Å². The van der Waals surface area contributed by atoms with E-state index in [1.807, 2.05) is 36.1 Å². The molecule has 4 rings (SSSR count). The number of hydrogen-bond acceptors (Lipinski definition) is 6.